The maximum absolute atomic E-state index is 12.9. The lowest BCUT2D eigenvalue weighted by atomic mass is 10.3. The van der Waals surface area contributed by atoms with Crippen molar-refractivity contribution in [3.8, 4) is 17.6 Å². The van der Waals surface area contributed by atoms with E-state index in [0.717, 1.165) is 25.7 Å². The summed E-state index contributed by atoms with van der Waals surface area (Å²) >= 11 is 0. The van der Waals surface area contributed by atoms with Gasteiger partial charge in [-0.2, -0.15) is 0 Å². The summed E-state index contributed by atoms with van der Waals surface area (Å²) in [6, 6.07) is 7.03. The van der Waals surface area contributed by atoms with Crippen LogP contribution in [0.2, 0.25) is 0 Å². The van der Waals surface area contributed by atoms with Gasteiger partial charge in [0.1, 0.15) is 5.75 Å². The number of hydrogen-bond acceptors (Lipinski definition) is 6. The van der Waals surface area contributed by atoms with Crippen molar-refractivity contribution in [2.45, 2.75) is 37.8 Å². The first kappa shape index (κ1) is 20.9. The van der Waals surface area contributed by atoms with Gasteiger partial charge in [-0.05, 0) is 55.9 Å². The fourth-order valence-corrected chi connectivity index (χ4v) is 3.70. The molecule has 0 spiro atoms. The van der Waals surface area contributed by atoms with Crippen LogP contribution in [0.25, 0.3) is 11.2 Å². The molecule has 1 amide bonds. The molecule has 2 aliphatic carbocycles. The summed E-state index contributed by atoms with van der Waals surface area (Å²) in [5.74, 6) is 6.47. The lowest BCUT2D eigenvalue weighted by Crippen LogP contribution is -2.39. The standard InChI is InChI=1S/C23H23N5O5/c1-26(14-9-11-17(32-2)12-10-14)23(31)33-13-3-4-18-24-19-20(25-18)27(15-5-6-15)22(30)28(21(19)29)16-7-8-16/h9-12,15-16H,5-8,13H2,1-2H3,(H,24,25). The molecule has 0 unspecified atom stereocenters. The topological polar surface area (TPSA) is 111 Å². The summed E-state index contributed by atoms with van der Waals surface area (Å²) in [6.45, 7) is -0.155. The van der Waals surface area contributed by atoms with E-state index in [4.69, 9.17) is 9.47 Å². The van der Waals surface area contributed by atoms with Gasteiger partial charge in [0, 0.05) is 24.8 Å². The van der Waals surface area contributed by atoms with Gasteiger partial charge in [0.2, 0.25) is 0 Å². The first-order chi connectivity index (χ1) is 16.0. The van der Waals surface area contributed by atoms with Gasteiger partial charge in [-0.1, -0.05) is 5.92 Å². The SMILES string of the molecule is COc1ccc(N(C)C(=O)OCC#Cc2nc3c([nH]2)c(=O)n(C2CC2)c(=O)n3C2CC2)cc1. The third kappa shape index (κ3) is 3.98. The minimum atomic E-state index is -0.561. The van der Waals surface area contributed by atoms with E-state index in [9.17, 15) is 14.4 Å². The number of amides is 1. The Kier molecular flexibility index (Phi) is 5.17. The number of benzene rings is 1. The van der Waals surface area contributed by atoms with Crippen LogP contribution in [0.15, 0.2) is 33.9 Å². The number of hydrogen-bond donors (Lipinski definition) is 1. The van der Waals surface area contributed by atoms with Gasteiger partial charge in [-0.15, -0.1) is 0 Å². The highest BCUT2D eigenvalue weighted by molar-refractivity contribution is 5.87. The van der Waals surface area contributed by atoms with Crippen molar-refractivity contribution in [2.75, 3.05) is 25.7 Å². The largest absolute Gasteiger partial charge is 0.497 e. The molecular weight excluding hydrogens is 426 g/mol. The second-order valence-corrected chi connectivity index (χ2v) is 8.19. The number of fused-ring (bicyclic) bond motifs is 1. The molecule has 2 fully saturated rings. The summed E-state index contributed by atoms with van der Waals surface area (Å²) in [5, 5.41) is 0. The zero-order valence-electron chi connectivity index (χ0n) is 18.3. The maximum atomic E-state index is 12.9. The van der Waals surface area contributed by atoms with Gasteiger partial charge in [-0.25, -0.2) is 14.6 Å². The number of methoxy groups -OCH3 is 1. The Morgan fingerprint density at radius 1 is 1.15 bits per heavy atom. The highest BCUT2D eigenvalue weighted by atomic mass is 16.6. The van der Waals surface area contributed by atoms with Gasteiger partial charge in [0.05, 0.1) is 7.11 Å². The molecule has 3 aromatic rings. The van der Waals surface area contributed by atoms with Crippen LogP contribution < -0.4 is 20.9 Å². The third-order valence-electron chi connectivity index (χ3n) is 5.79. The predicted molar refractivity (Wildman–Crippen MR) is 121 cm³/mol. The van der Waals surface area contributed by atoms with Gasteiger partial charge >= 0.3 is 11.8 Å². The minimum absolute atomic E-state index is 0.0284. The Hall–Kier alpha value is -4.00. The number of aromatic nitrogens is 4. The molecule has 2 aliphatic rings. The summed E-state index contributed by atoms with van der Waals surface area (Å²) in [7, 11) is 3.17. The number of carbonyl (C=O) groups excluding carboxylic acids is 1. The molecule has 10 heteroatoms. The van der Waals surface area contributed by atoms with Crippen LogP contribution in [0, 0.1) is 11.8 Å². The van der Waals surface area contributed by atoms with Crippen molar-refractivity contribution in [3.05, 3.63) is 50.9 Å². The lowest BCUT2D eigenvalue weighted by Gasteiger charge is -2.16. The zero-order chi connectivity index (χ0) is 23.1. The number of aromatic amines is 1. The molecule has 1 N–H and O–H groups in total. The first-order valence-electron chi connectivity index (χ1n) is 10.8. The average molecular weight is 449 g/mol. The van der Waals surface area contributed by atoms with E-state index in [0.29, 0.717) is 17.1 Å². The maximum Gasteiger partial charge on any atom is 0.414 e. The van der Waals surface area contributed by atoms with Crippen molar-refractivity contribution in [1.82, 2.24) is 19.1 Å². The Morgan fingerprint density at radius 3 is 2.45 bits per heavy atom. The average Bonchev–Trinajstić information content (AvgIpc) is 3.75. The van der Waals surface area contributed by atoms with E-state index in [1.807, 2.05) is 0 Å². The number of H-pyrrole nitrogens is 1. The molecule has 0 saturated heterocycles. The molecule has 0 radical (unpaired) electrons. The Morgan fingerprint density at radius 2 is 1.82 bits per heavy atom. The van der Waals surface area contributed by atoms with Crippen molar-refractivity contribution in [1.29, 1.82) is 0 Å². The van der Waals surface area contributed by atoms with E-state index in [-0.39, 0.29) is 41.3 Å². The molecule has 0 aliphatic heterocycles. The number of anilines is 1. The predicted octanol–water partition coefficient (Wildman–Crippen LogP) is 2.19. The number of nitrogens with one attached hydrogen (secondary N) is 1. The lowest BCUT2D eigenvalue weighted by molar-refractivity contribution is 0.169. The zero-order valence-corrected chi connectivity index (χ0v) is 18.3. The van der Waals surface area contributed by atoms with Crippen LogP contribution in [0.3, 0.4) is 0 Å². The van der Waals surface area contributed by atoms with E-state index in [1.54, 1.807) is 43.0 Å². The monoisotopic (exact) mass is 449 g/mol. The van der Waals surface area contributed by atoms with Crippen LogP contribution in [-0.4, -0.2) is 46.0 Å². The summed E-state index contributed by atoms with van der Waals surface area (Å²) in [6.07, 6.45) is 2.89. The fraction of sp³-hybridized carbons (Fsp3) is 0.391. The summed E-state index contributed by atoms with van der Waals surface area (Å²) in [4.78, 5) is 46.7. The van der Waals surface area contributed by atoms with Crippen LogP contribution >= 0.6 is 0 Å². The summed E-state index contributed by atoms with van der Waals surface area (Å²) < 4.78 is 13.3. The highest BCUT2D eigenvalue weighted by Crippen LogP contribution is 2.36. The number of imidazole rings is 1. The molecule has 1 aromatic carbocycles. The smallest absolute Gasteiger partial charge is 0.414 e. The molecule has 0 atom stereocenters. The van der Waals surface area contributed by atoms with E-state index < -0.39 is 6.09 Å². The molecule has 2 aromatic heterocycles. The first-order valence-corrected chi connectivity index (χ1v) is 10.8. The van der Waals surface area contributed by atoms with E-state index in [1.165, 1.54) is 9.47 Å². The van der Waals surface area contributed by atoms with Crippen LogP contribution in [0.4, 0.5) is 10.5 Å². The molecule has 33 heavy (non-hydrogen) atoms. The fourth-order valence-electron chi connectivity index (χ4n) is 3.70. The number of rotatable bonds is 5. The minimum Gasteiger partial charge on any atom is -0.497 e. The number of carbonyl (C=O) groups is 1. The Balaban J connectivity index is 1.32. The van der Waals surface area contributed by atoms with Crippen LogP contribution in [-0.2, 0) is 4.74 Å². The molecule has 2 heterocycles. The second kappa shape index (κ2) is 8.16. The normalized spacial score (nSPS) is 15.1. The van der Waals surface area contributed by atoms with Crippen molar-refractivity contribution < 1.29 is 14.3 Å². The van der Waals surface area contributed by atoms with Crippen molar-refractivity contribution in [2.24, 2.45) is 0 Å². The highest BCUT2D eigenvalue weighted by Gasteiger charge is 2.34. The van der Waals surface area contributed by atoms with E-state index in [2.05, 4.69) is 21.8 Å². The van der Waals surface area contributed by atoms with Gasteiger partial charge in [0.25, 0.3) is 5.56 Å². The molecule has 0 bridgehead atoms. The molecule has 5 rings (SSSR count). The van der Waals surface area contributed by atoms with Crippen molar-refractivity contribution in [3.63, 3.8) is 0 Å². The van der Waals surface area contributed by atoms with Gasteiger partial charge < -0.3 is 14.5 Å². The van der Waals surface area contributed by atoms with Crippen LogP contribution in [0.1, 0.15) is 43.6 Å². The molecular formula is C23H23N5O5. The Labute approximate surface area is 188 Å². The van der Waals surface area contributed by atoms with Gasteiger partial charge in [0.15, 0.2) is 23.6 Å². The van der Waals surface area contributed by atoms with Gasteiger partial charge in [-0.3, -0.25) is 18.8 Å². The number of ether oxygens (including phenoxy) is 2. The summed E-state index contributed by atoms with van der Waals surface area (Å²) in [5.41, 5.74) is 0.622. The van der Waals surface area contributed by atoms with Crippen molar-refractivity contribution >= 4 is 22.9 Å². The molecule has 2 saturated carbocycles. The quantitative estimate of drug-likeness (QED) is 0.598. The third-order valence-corrected chi connectivity index (χ3v) is 5.79. The second-order valence-electron chi connectivity index (χ2n) is 8.19. The number of nitrogens with zero attached hydrogens (tertiary/aromatic N) is 4. The Bertz CT molecular complexity index is 1400. The molecule has 10 nitrogen and oxygen atoms in total. The molecule has 170 valence electrons. The van der Waals surface area contributed by atoms with E-state index >= 15 is 0 Å². The van der Waals surface area contributed by atoms with Crippen LogP contribution in [0.5, 0.6) is 5.75 Å².